The Balaban J connectivity index is 1.88. The number of anilines is 1. The number of hydrogen-bond acceptors (Lipinski definition) is 2. The normalized spacial score (nSPS) is 10.3. The lowest BCUT2D eigenvalue weighted by molar-refractivity contribution is -0.116. The van der Waals surface area contributed by atoms with Gasteiger partial charge in [-0.15, -0.1) is 0 Å². The van der Waals surface area contributed by atoms with E-state index in [4.69, 9.17) is 0 Å². The zero-order valence-electron chi connectivity index (χ0n) is 9.41. The number of amides is 1. The molecule has 0 aliphatic heterocycles. The van der Waals surface area contributed by atoms with E-state index in [0.29, 0.717) is 6.42 Å². The molecule has 0 radical (unpaired) electrons. The maximum atomic E-state index is 12.9. The van der Waals surface area contributed by atoms with Crippen LogP contribution in [0.5, 0.6) is 0 Å². The lowest BCUT2D eigenvalue weighted by Crippen LogP contribution is -2.12. The Labute approximate surface area is 102 Å². The van der Waals surface area contributed by atoms with Crippen LogP contribution in [0.25, 0.3) is 0 Å². The first kappa shape index (κ1) is 12.2. The van der Waals surface area contributed by atoms with Crippen molar-refractivity contribution >= 4 is 11.6 Å². The highest BCUT2D eigenvalue weighted by molar-refractivity contribution is 5.90. The molecule has 1 aromatic heterocycles. The maximum Gasteiger partial charge on any atom is 0.224 e. The van der Waals surface area contributed by atoms with Crippen molar-refractivity contribution in [2.24, 2.45) is 0 Å². The van der Waals surface area contributed by atoms with E-state index in [9.17, 15) is 13.6 Å². The van der Waals surface area contributed by atoms with E-state index in [-0.39, 0.29) is 18.0 Å². The van der Waals surface area contributed by atoms with Crippen LogP contribution in [0.1, 0.15) is 12.1 Å². The molecule has 0 spiro atoms. The van der Waals surface area contributed by atoms with Gasteiger partial charge >= 0.3 is 0 Å². The third-order valence-electron chi connectivity index (χ3n) is 2.38. The topological polar surface area (TPSA) is 57.8 Å². The van der Waals surface area contributed by atoms with Crippen LogP contribution in [0, 0.1) is 11.6 Å². The van der Waals surface area contributed by atoms with Crippen molar-refractivity contribution in [2.75, 3.05) is 5.32 Å². The minimum absolute atomic E-state index is 0.237. The molecule has 0 atom stereocenters. The molecular formula is C12H11F2N3O. The number of rotatable bonds is 4. The highest BCUT2D eigenvalue weighted by atomic mass is 19.2. The Morgan fingerprint density at radius 3 is 2.83 bits per heavy atom. The smallest absolute Gasteiger partial charge is 0.224 e. The van der Waals surface area contributed by atoms with Gasteiger partial charge in [-0.2, -0.15) is 0 Å². The van der Waals surface area contributed by atoms with Gasteiger partial charge in [0.2, 0.25) is 5.91 Å². The minimum Gasteiger partial charge on any atom is -0.348 e. The molecule has 0 fully saturated rings. The molecule has 0 unspecified atom stereocenters. The van der Waals surface area contributed by atoms with Crippen molar-refractivity contribution in [3.05, 3.63) is 48.1 Å². The van der Waals surface area contributed by atoms with Crippen molar-refractivity contribution in [1.82, 2.24) is 9.97 Å². The number of nitrogens with zero attached hydrogens (tertiary/aromatic N) is 1. The number of aromatic amines is 1. The summed E-state index contributed by atoms with van der Waals surface area (Å²) in [5.41, 5.74) is 1.08. The second-order valence-corrected chi connectivity index (χ2v) is 3.75. The van der Waals surface area contributed by atoms with Crippen LogP contribution in [-0.4, -0.2) is 15.9 Å². The number of aryl methyl sites for hydroxylation is 1. The van der Waals surface area contributed by atoms with Gasteiger partial charge in [-0.1, -0.05) is 0 Å². The Kier molecular flexibility index (Phi) is 3.66. The molecule has 1 heterocycles. The average molecular weight is 251 g/mol. The molecule has 4 nitrogen and oxygen atoms in total. The van der Waals surface area contributed by atoms with E-state index in [1.165, 1.54) is 12.4 Å². The molecule has 0 aliphatic rings. The molecular weight excluding hydrogens is 240 g/mol. The molecule has 0 saturated heterocycles. The van der Waals surface area contributed by atoms with E-state index >= 15 is 0 Å². The van der Waals surface area contributed by atoms with Gasteiger partial charge in [0.15, 0.2) is 11.6 Å². The number of halogens is 2. The molecule has 2 rings (SSSR count). The lowest BCUT2D eigenvalue weighted by Gasteiger charge is -2.04. The largest absolute Gasteiger partial charge is 0.348 e. The summed E-state index contributed by atoms with van der Waals surface area (Å²) in [6.45, 7) is 0. The lowest BCUT2D eigenvalue weighted by atomic mass is 10.2. The van der Waals surface area contributed by atoms with Crippen LogP contribution < -0.4 is 5.32 Å². The number of imidazole rings is 1. The summed E-state index contributed by atoms with van der Waals surface area (Å²) in [7, 11) is 0. The van der Waals surface area contributed by atoms with E-state index in [1.54, 1.807) is 6.20 Å². The van der Waals surface area contributed by atoms with Crippen LogP contribution in [0.15, 0.2) is 30.7 Å². The summed E-state index contributed by atoms with van der Waals surface area (Å²) in [4.78, 5) is 18.2. The second kappa shape index (κ2) is 5.39. The summed E-state index contributed by atoms with van der Waals surface area (Å²) >= 11 is 0. The van der Waals surface area contributed by atoms with Gasteiger partial charge < -0.3 is 10.3 Å². The van der Waals surface area contributed by atoms with E-state index in [2.05, 4.69) is 15.3 Å². The number of carbonyl (C=O) groups is 1. The maximum absolute atomic E-state index is 12.9. The zero-order valence-corrected chi connectivity index (χ0v) is 9.41. The van der Waals surface area contributed by atoms with Gasteiger partial charge in [0, 0.05) is 30.1 Å². The van der Waals surface area contributed by atoms with Crippen LogP contribution in [0.3, 0.4) is 0 Å². The summed E-state index contributed by atoms with van der Waals surface area (Å²) in [5, 5.41) is 2.49. The van der Waals surface area contributed by atoms with Crippen LogP contribution in [-0.2, 0) is 11.2 Å². The molecule has 1 aromatic carbocycles. The van der Waals surface area contributed by atoms with E-state index in [1.807, 2.05) is 0 Å². The number of benzene rings is 1. The quantitative estimate of drug-likeness (QED) is 0.875. The molecule has 0 aliphatic carbocycles. The summed E-state index contributed by atoms with van der Waals surface area (Å²) < 4.78 is 25.6. The Morgan fingerprint density at radius 1 is 1.33 bits per heavy atom. The van der Waals surface area contributed by atoms with Crippen molar-refractivity contribution in [1.29, 1.82) is 0 Å². The number of aromatic nitrogens is 2. The van der Waals surface area contributed by atoms with Crippen molar-refractivity contribution in [3.63, 3.8) is 0 Å². The van der Waals surface area contributed by atoms with Crippen molar-refractivity contribution < 1.29 is 13.6 Å². The number of nitrogens with one attached hydrogen (secondary N) is 2. The van der Waals surface area contributed by atoms with Crippen molar-refractivity contribution in [3.8, 4) is 0 Å². The number of hydrogen-bond donors (Lipinski definition) is 2. The fourth-order valence-electron chi connectivity index (χ4n) is 1.47. The van der Waals surface area contributed by atoms with Crippen LogP contribution in [0.4, 0.5) is 14.5 Å². The Bertz CT molecular complexity index is 540. The Morgan fingerprint density at radius 2 is 2.17 bits per heavy atom. The monoisotopic (exact) mass is 251 g/mol. The van der Waals surface area contributed by atoms with Gasteiger partial charge in [-0.3, -0.25) is 4.79 Å². The first-order chi connectivity index (χ1) is 8.65. The fraction of sp³-hybridized carbons (Fsp3) is 0.167. The SMILES string of the molecule is O=C(CCc1cnc[nH]1)Nc1ccc(F)c(F)c1. The molecule has 0 bridgehead atoms. The molecule has 94 valence electrons. The van der Waals surface area contributed by atoms with E-state index < -0.39 is 11.6 Å². The first-order valence-electron chi connectivity index (χ1n) is 5.37. The zero-order chi connectivity index (χ0) is 13.0. The fourth-order valence-corrected chi connectivity index (χ4v) is 1.47. The van der Waals surface area contributed by atoms with Crippen LogP contribution in [0.2, 0.25) is 0 Å². The first-order valence-corrected chi connectivity index (χ1v) is 5.37. The van der Waals surface area contributed by atoms with Crippen molar-refractivity contribution in [2.45, 2.75) is 12.8 Å². The molecule has 1 amide bonds. The number of carbonyl (C=O) groups excluding carboxylic acids is 1. The second-order valence-electron chi connectivity index (χ2n) is 3.75. The van der Waals surface area contributed by atoms with Gasteiger partial charge in [0.25, 0.3) is 0 Å². The summed E-state index contributed by atoms with van der Waals surface area (Å²) in [6.07, 6.45) is 3.91. The molecule has 2 N–H and O–H groups in total. The average Bonchev–Trinajstić information content (AvgIpc) is 2.84. The molecule has 18 heavy (non-hydrogen) atoms. The molecule has 2 aromatic rings. The predicted octanol–water partition coefficient (Wildman–Crippen LogP) is 2.26. The highest BCUT2D eigenvalue weighted by Crippen LogP contribution is 2.13. The number of H-pyrrole nitrogens is 1. The van der Waals surface area contributed by atoms with Gasteiger partial charge in [-0.05, 0) is 18.6 Å². The predicted molar refractivity (Wildman–Crippen MR) is 61.9 cm³/mol. The standard InChI is InChI=1S/C12H11F2N3O/c13-10-3-1-8(5-11(10)14)17-12(18)4-2-9-6-15-7-16-9/h1,3,5-7H,2,4H2,(H,15,16)(H,17,18). The Hall–Kier alpha value is -2.24. The summed E-state index contributed by atoms with van der Waals surface area (Å²) in [5.74, 6) is -2.19. The van der Waals surface area contributed by atoms with Gasteiger partial charge in [-0.25, -0.2) is 13.8 Å². The minimum atomic E-state index is -0.985. The molecule has 0 saturated carbocycles. The third kappa shape index (κ3) is 3.13. The molecule has 6 heteroatoms. The third-order valence-corrected chi connectivity index (χ3v) is 2.38. The van der Waals surface area contributed by atoms with E-state index in [0.717, 1.165) is 17.8 Å². The van der Waals surface area contributed by atoms with Gasteiger partial charge in [0.05, 0.1) is 6.33 Å². The highest BCUT2D eigenvalue weighted by Gasteiger charge is 2.06. The van der Waals surface area contributed by atoms with Crippen LogP contribution >= 0.6 is 0 Å². The van der Waals surface area contributed by atoms with Gasteiger partial charge in [0.1, 0.15) is 0 Å². The summed E-state index contributed by atoms with van der Waals surface area (Å²) in [6, 6.07) is 3.23.